The van der Waals surface area contributed by atoms with Crippen LogP contribution in [0, 0.1) is 0 Å². The Morgan fingerprint density at radius 1 is 0.944 bits per heavy atom. The molecule has 0 saturated carbocycles. The second-order valence-corrected chi connectivity index (χ2v) is 8.60. The molecule has 3 N–H and O–H groups in total. The van der Waals surface area contributed by atoms with Gasteiger partial charge in [-0.05, 0) is 53.4 Å². The number of phenols is 1. The van der Waals surface area contributed by atoms with Crippen molar-refractivity contribution < 1.29 is 19.4 Å². The van der Waals surface area contributed by atoms with E-state index in [4.69, 9.17) is 27.9 Å². The lowest BCUT2D eigenvalue weighted by molar-refractivity contribution is -0.123. The first-order chi connectivity index (χ1) is 17.4. The molecular weight excluding hydrogens is 501 g/mol. The van der Waals surface area contributed by atoms with Crippen molar-refractivity contribution in [3.63, 3.8) is 0 Å². The summed E-state index contributed by atoms with van der Waals surface area (Å²) in [5, 5.41) is 18.7. The molecule has 4 aromatic rings. The number of phenolic OH excluding ortho intramolecular Hbond substituents is 1. The molecule has 9 heteroatoms. The Hall–Kier alpha value is -4.07. The van der Waals surface area contributed by atoms with Gasteiger partial charge in [-0.1, -0.05) is 59.6 Å². The van der Waals surface area contributed by atoms with E-state index in [1.807, 2.05) is 36.4 Å². The lowest BCUT2D eigenvalue weighted by Gasteiger charge is -2.11. The molecule has 2 amide bonds. The van der Waals surface area contributed by atoms with E-state index < -0.39 is 5.91 Å². The minimum absolute atomic E-state index is 0.0753. The summed E-state index contributed by atoms with van der Waals surface area (Å²) in [5.74, 6) is -0.296. The topological polar surface area (TPSA) is 100 Å². The van der Waals surface area contributed by atoms with Crippen molar-refractivity contribution in [1.82, 2.24) is 10.7 Å². The molecule has 0 spiro atoms. The van der Waals surface area contributed by atoms with Crippen molar-refractivity contribution in [3.05, 3.63) is 106 Å². The average molecular weight is 522 g/mol. The normalized spacial score (nSPS) is 10.9. The van der Waals surface area contributed by atoms with Gasteiger partial charge in [-0.25, -0.2) is 5.43 Å². The molecule has 7 nitrogen and oxygen atoms in total. The second-order valence-electron chi connectivity index (χ2n) is 7.76. The zero-order valence-corrected chi connectivity index (χ0v) is 20.4. The summed E-state index contributed by atoms with van der Waals surface area (Å²) in [5.41, 5.74) is 4.34. The van der Waals surface area contributed by atoms with Crippen LogP contribution in [0.5, 0.6) is 11.5 Å². The van der Waals surface area contributed by atoms with E-state index in [1.54, 1.807) is 24.3 Å². The number of hydrogen-bond acceptors (Lipinski definition) is 5. The molecule has 4 rings (SSSR count). The van der Waals surface area contributed by atoms with Gasteiger partial charge in [0.25, 0.3) is 11.8 Å². The molecule has 0 heterocycles. The van der Waals surface area contributed by atoms with Crippen LogP contribution in [0.4, 0.5) is 0 Å². The fraction of sp³-hybridized carbons (Fsp3) is 0.0741. The molecule has 0 fully saturated rings. The van der Waals surface area contributed by atoms with E-state index >= 15 is 0 Å². The van der Waals surface area contributed by atoms with Gasteiger partial charge in [0, 0.05) is 28.1 Å². The highest BCUT2D eigenvalue weighted by atomic mass is 35.5. The number of ether oxygens (including phenoxy) is 1. The van der Waals surface area contributed by atoms with E-state index in [2.05, 4.69) is 15.8 Å². The molecule has 0 saturated heterocycles. The number of benzene rings is 4. The van der Waals surface area contributed by atoms with Gasteiger partial charge < -0.3 is 15.2 Å². The van der Waals surface area contributed by atoms with E-state index in [0.717, 1.165) is 21.9 Å². The predicted octanol–water partition coefficient (Wildman–Crippen LogP) is 5.31. The lowest BCUT2D eigenvalue weighted by atomic mass is 10.0. The maximum absolute atomic E-state index is 12.3. The smallest absolute Gasteiger partial charge is 0.271 e. The van der Waals surface area contributed by atoms with Crippen LogP contribution in [0.2, 0.25) is 10.0 Å². The summed E-state index contributed by atoms with van der Waals surface area (Å²) >= 11 is 11.8. The van der Waals surface area contributed by atoms with Crippen molar-refractivity contribution >= 4 is 52.0 Å². The van der Waals surface area contributed by atoms with E-state index in [1.165, 1.54) is 24.4 Å². The lowest BCUT2D eigenvalue weighted by Crippen LogP contribution is -2.28. The van der Waals surface area contributed by atoms with Crippen LogP contribution in [0.15, 0.2) is 84.0 Å². The van der Waals surface area contributed by atoms with Gasteiger partial charge in [0.1, 0.15) is 11.5 Å². The summed E-state index contributed by atoms with van der Waals surface area (Å²) < 4.78 is 5.78. The first-order valence-electron chi connectivity index (χ1n) is 10.9. The third-order valence-electron chi connectivity index (χ3n) is 5.23. The van der Waals surface area contributed by atoms with Crippen molar-refractivity contribution in [3.8, 4) is 11.5 Å². The zero-order chi connectivity index (χ0) is 25.5. The number of hydrazone groups is 1. The Morgan fingerprint density at radius 2 is 1.75 bits per heavy atom. The van der Waals surface area contributed by atoms with Gasteiger partial charge in [-0.2, -0.15) is 5.10 Å². The van der Waals surface area contributed by atoms with E-state index in [9.17, 15) is 14.7 Å². The summed E-state index contributed by atoms with van der Waals surface area (Å²) in [7, 11) is 0. The number of carbonyl (C=O) groups is 2. The summed E-state index contributed by atoms with van der Waals surface area (Å²) in [6.45, 7) is 0.199. The minimum atomic E-state index is -0.471. The third kappa shape index (κ3) is 6.33. The first-order valence-corrected chi connectivity index (χ1v) is 11.6. The number of rotatable bonds is 8. The maximum Gasteiger partial charge on any atom is 0.271 e. The first kappa shape index (κ1) is 25.0. The second kappa shape index (κ2) is 11.6. The Labute approximate surface area is 217 Å². The molecule has 0 bridgehead atoms. The number of halogens is 2. The molecule has 0 aromatic heterocycles. The van der Waals surface area contributed by atoms with Crippen LogP contribution in [-0.4, -0.2) is 29.7 Å². The predicted molar refractivity (Wildman–Crippen MR) is 141 cm³/mol. The highest BCUT2D eigenvalue weighted by Crippen LogP contribution is 2.28. The molecule has 36 heavy (non-hydrogen) atoms. The monoisotopic (exact) mass is 521 g/mol. The Kier molecular flexibility index (Phi) is 8.05. The fourth-order valence-electron chi connectivity index (χ4n) is 3.45. The minimum Gasteiger partial charge on any atom is -0.506 e. The van der Waals surface area contributed by atoms with Crippen molar-refractivity contribution in [1.29, 1.82) is 0 Å². The fourth-order valence-corrected chi connectivity index (χ4v) is 3.84. The number of fused-ring (bicyclic) bond motifs is 1. The highest BCUT2D eigenvalue weighted by Gasteiger charge is 2.10. The number of carbonyl (C=O) groups excluding carboxylic acids is 2. The Morgan fingerprint density at radius 3 is 2.53 bits per heavy atom. The largest absolute Gasteiger partial charge is 0.506 e. The van der Waals surface area contributed by atoms with Gasteiger partial charge in [0.05, 0.1) is 11.2 Å². The Balaban J connectivity index is 1.40. The molecule has 0 atom stereocenters. The molecule has 182 valence electrons. The standard InChI is InChI=1S/C27H21Cl2N3O4/c28-20-5-3-4-17(12-20)14-30-26(34)16-36-25-11-9-19(21-6-1-2-7-22(21)25)15-31-32-27(35)18-8-10-24(33)23(29)13-18/h1-13,15,33H,14,16H2,(H,30,34)(H,32,35). The van der Waals surface area contributed by atoms with Crippen LogP contribution in [0.1, 0.15) is 21.5 Å². The third-order valence-corrected chi connectivity index (χ3v) is 5.77. The highest BCUT2D eigenvalue weighted by molar-refractivity contribution is 6.32. The van der Waals surface area contributed by atoms with Gasteiger partial charge in [-0.3, -0.25) is 9.59 Å². The van der Waals surface area contributed by atoms with Crippen LogP contribution < -0.4 is 15.5 Å². The maximum atomic E-state index is 12.3. The number of aromatic hydroxyl groups is 1. The van der Waals surface area contributed by atoms with E-state index in [0.29, 0.717) is 17.3 Å². The number of amides is 2. The average Bonchev–Trinajstić information content (AvgIpc) is 2.88. The zero-order valence-electron chi connectivity index (χ0n) is 18.9. The quantitative estimate of drug-likeness (QED) is 0.216. The van der Waals surface area contributed by atoms with Crippen molar-refractivity contribution in [2.24, 2.45) is 5.10 Å². The van der Waals surface area contributed by atoms with Crippen LogP contribution in [-0.2, 0) is 11.3 Å². The molecule has 0 unspecified atom stereocenters. The van der Waals surface area contributed by atoms with E-state index in [-0.39, 0.29) is 28.8 Å². The number of nitrogens with one attached hydrogen (secondary N) is 2. The number of nitrogens with zero attached hydrogens (tertiary/aromatic N) is 1. The molecule has 0 aliphatic carbocycles. The Bertz CT molecular complexity index is 1460. The van der Waals surface area contributed by atoms with Gasteiger partial charge in [-0.15, -0.1) is 0 Å². The van der Waals surface area contributed by atoms with Crippen molar-refractivity contribution in [2.45, 2.75) is 6.54 Å². The molecule has 0 aliphatic rings. The number of hydrogen-bond donors (Lipinski definition) is 3. The van der Waals surface area contributed by atoms with Crippen molar-refractivity contribution in [2.75, 3.05) is 6.61 Å². The molecule has 0 radical (unpaired) electrons. The molecule has 4 aromatic carbocycles. The van der Waals surface area contributed by atoms with Crippen LogP contribution >= 0.6 is 23.2 Å². The SMILES string of the molecule is O=C(COc1ccc(C=NNC(=O)c2ccc(O)c(Cl)c2)c2ccccc12)NCc1cccc(Cl)c1. The molecular formula is C27H21Cl2N3O4. The van der Waals surface area contributed by atoms with Gasteiger partial charge in [0.15, 0.2) is 6.61 Å². The summed E-state index contributed by atoms with van der Waals surface area (Å²) in [4.78, 5) is 24.6. The van der Waals surface area contributed by atoms with Gasteiger partial charge >= 0.3 is 0 Å². The van der Waals surface area contributed by atoms with Crippen LogP contribution in [0.25, 0.3) is 10.8 Å². The summed E-state index contributed by atoms with van der Waals surface area (Å²) in [6, 6.07) is 22.4. The van der Waals surface area contributed by atoms with Crippen LogP contribution in [0.3, 0.4) is 0 Å². The summed E-state index contributed by atoms with van der Waals surface area (Å²) in [6.07, 6.45) is 1.52. The molecule has 0 aliphatic heterocycles. The van der Waals surface area contributed by atoms with Gasteiger partial charge in [0.2, 0.25) is 0 Å².